The van der Waals surface area contributed by atoms with Crippen LogP contribution in [0.1, 0.15) is 53.4 Å². The predicted molar refractivity (Wildman–Crippen MR) is 69.3 cm³/mol. The Labute approximate surface area is 101 Å². The van der Waals surface area contributed by atoms with Crippen molar-refractivity contribution in [2.45, 2.75) is 71.5 Å². The van der Waals surface area contributed by atoms with Crippen molar-refractivity contribution in [1.82, 2.24) is 4.90 Å². The van der Waals surface area contributed by atoms with E-state index in [1.807, 2.05) is 0 Å². The minimum Gasteiger partial charge on any atom is -0.327 e. The molecule has 1 aliphatic carbocycles. The standard InChI is InChI=1S/C14H28N2/c1-10-11(2)16(9-7-12(10)15)13-6-5-8-14(13,3)4/h10-13H,5-9,15H2,1-4H3. The van der Waals surface area contributed by atoms with Crippen LogP contribution in [0.4, 0.5) is 0 Å². The fourth-order valence-electron chi connectivity index (χ4n) is 3.79. The Hall–Kier alpha value is -0.0800. The van der Waals surface area contributed by atoms with Gasteiger partial charge in [0.15, 0.2) is 0 Å². The minimum atomic E-state index is 0.413. The zero-order valence-corrected chi connectivity index (χ0v) is 11.4. The average Bonchev–Trinajstić information content (AvgIpc) is 2.55. The number of piperidine rings is 1. The van der Waals surface area contributed by atoms with Crippen molar-refractivity contribution < 1.29 is 0 Å². The largest absolute Gasteiger partial charge is 0.327 e. The van der Waals surface area contributed by atoms with Gasteiger partial charge in [-0.1, -0.05) is 27.2 Å². The molecule has 0 aromatic carbocycles. The summed E-state index contributed by atoms with van der Waals surface area (Å²) in [5.74, 6) is 0.644. The zero-order chi connectivity index (χ0) is 11.9. The van der Waals surface area contributed by atoms with Crippen molar-refractivity contribution in [1.29, 1.82) is 0 Å². The molecule has 2 N–H and O–H groups in total. The molecule has 4 atom stereocenters. The first kappa shape index (κ1) is 12.4. The second kappa shape index (κ2) is 4.30. The first-order valence-corrected chi connectivity index (χ1v) is 6.95. The van der Waals surface area contributed by atoms with Crippen LogP contribution in [0.3, 0.4) is 0 Å². The second-order valence-electron chi connectivity index (χ2n) is 6.69. The van der Waals surface area contributed by atoms with E-state index in [0.717, 1.165) is 6.04 Å². The maximum absolute atomic E-state index is 6.17. The van der Waals surface area contributed by atoms with Crippen LogP contribution in [-0.2, 0) is 0 Å². The highest BCUT2D eigenvalue weighted by molar-refractivity contribution is 4.97. The summed E-state index contributed by atoms with van der Waals surface area (Å²) >= 11 is 0. The van der Waals surface area contributed by atoms with Crippen LogP contribution in [0.5, 0.6) is 0 Å². The van der Waals surface area contributed by atoms with E-state index < -0.39 is 0 Å². The number of hydrogen-bond donors (Lipinski definition) is 1. The molecule has 0 aromatic heterocycles. The van der Waals surface area contributed by atoms with E-state index in [-0.39, 0.29) is 0 Å². The molecule has 2 heteroatoms. The van der Waals surface area contributed by atoms with E-state index in [1.54, 1.807) is 0 Å². The first-order valence-electron chi connectivity index (χ1n) is 6.95. The third kappa shape index (κ3) is 2.02. The van der Waals surface area contributed by atoms with Gasteiger partial charge in [0.1, 0.15) is 0 Å². The van der Waals surface area contributed by atoms with Crippen LogP contribution in [0.2, 0.25) is 0 Å². The molecule has 0 spiro atoms. The Balaban J connectivity index is 2.10. The lowest BCUT2D eigenvalue weighted by Gasteiger charge is -2.48. The van der Waals surface area contributed by atoms with E-state index in [0.29, 0.717) is 23.4 Å². The summed E-state index contributed by atoms with van der Waals surface area (Å²) in [7, 11) is 0. The normalized spacial score (nSPS) is 44.8. The number of hydrogen-bond acceptors (Lipinski definition) is 2. The van der Waals surface area contributed by atoms with Crippen molar-refractivity contribution >= 4 is 0 Å². The first-order chi connectivity index (χ1) is 7.43. The summed E-state index contributed by atoms with van der Waals surface area (Å²) < 4.78 is 0. The molecule has 0 radical (unpaired) electrons. The molecule has 1 saturated heterocycles. The zero-order valence-electron chi connectivity index (χ0n) is 11.4. The second-order valence-corrected chi connectivity index (χ2v) is 6.69. The van der Waals surface area contributed by atoms with Crippen LogP contribution in [0.25, 0.3) is 0 Å². The van der Waals surface area contributed by atoms with Gasteiger partial charge in [0.25, 0.3) is 0 Å². The van der Waals surface area contributed by atoms with Gasteiger partial charge in [0, 0.05) is 24.7 Å². The highest BCUT2D eigenvalue weighted by Gasteiger charge is 2.43. The van der Waals surface area contributed by atoms with E-state index in [1.165, 1.54) is 32.2 Å². The number of nitrogens with zero attached hydrogens (tertiary/aromatic N) is 1. The van der Waals surface area contributed by atoms with Crippen LogP contribution in [-0.4, -0.2) is 29.6 Å². The fourth-order valence-corrected chi connectivity index (χ4v) is 3.79. The van der Waals surface area contributed by atoms with Gasteiger partial charge in [-0.05, 0) is 37.5 Å². The van der Waals surface area contributed by atoms with E-state index in [4.69, 9.17) is 5.73 Å². The van der Waals surface area contributed by atoms with Crippen molar-refractivity contribution in [2.24, 2.45) is 17.1 Å². The summed E-state index contributed by atoms with van der Waals surface area (Å²) in [6.45, 7) is 10.8. The summed E-state index contributed by atoms with van der Waals surface area (Å²) in [4.78, 5) is 2.75. The Morgan fingerprint density at radius 1 is 1.19 bits per heavy atom. The maximum Gasteiger partial charge on any atom is 0.0149 e. The van der Waals surface area contributed by atoms with Gasteiger partial charge >= 0.3 is 0 Å². The van der Waals surface area contributed by atoms with E-state index in [2.05, 4.69) is 32.6 Å². The third-order valence-corrected chi connectivity index (χ3v) is 5.28. The molecule has 0 aromatic rings. The summed E-state index contributed by atoms with van der Waals surface area (Å²) in [6.07, 6.45) is 5.36. The molecule has 1 saturated carbocycles. The summed E-state index contributed by atoms with van der Waals surface area (Å²) in [5, 5.41) is 0. The molecule has 2 aliphatic rings. The van der Waals surface area contributed by atoms with E-state index >= 15 is 0 Å². The summed E-state index contributed by atoms with van der Waals surface area (Å²) in [6, 6.07) is 1.86. The SMILES string of the molecule is CC1C(N)CCN(C2CCCC2(C)C)C1C. The smallest absolute Gasteiger partial charge is 0.0149 e. The van der Waals surface area contributed by atoms with Gasteiger partial charge in [0.05, 0.1) is 0 Å². The fraction of sp³-hybridized carbons (Fsp3) is 1.00. The van der Waals surface area contributed by atoms with Crippen LogP contribution in [0.15, 0.2) is 0 Å². The quantitative estimate of drug-likeness (QED) is 0.742. The number of rotatable bonds is 1. The van der Waals surface area contributed by atoms with Crippen LogP contribution >= 0.6 is 0 Å². The van der Waals surface area contributed by atoms with Gasteiger partial charge in [-0.3, -0.25) is 4.90 Å². The van der Waals surface area contributed by atoms with Crippen molar-refractivity contribution in [2.75, 3.05) is 6.54 Å². The van der Waals surface area contributed by atoms with Gasteiger partial charge in [-0.15, -0.1) is 0 Å². The third-order valence-electron chi connectivity index (χ3n) is 5.28. The number of likely N-dealkylation sites (tertiary alicyclic amines) is 1. The molecule has 2 fully saturated rings. The Bertz CT molecular complexity index is 249. The molecule has 1 heterocycles. The van der Waals surface area contributed by atoms with Crippen LogP contribution < -0.4 is 5.73 Å². The average molecular weight is 224 g/mol. The Morgan fingerprint density at radius 3 is 2.44 bits per heavy atom. The Morgan fingerprint density at radius 2 is 1.88 bits per heavy atom. The van der Waals surface area contributed by atoms with Gasteiger partial charge < -0.3 is 5.73 Å². The van der Waals surface area contributed by atoms with Crippen LogP contribution in [0, 0.1) is 11.3 Å². The minimum absolute atomic E-state index is 0.413. The molecule has 4 unspecified atom stereocenters. The molecule has 1 aliphatic heterocycles. The van der Waals surface area contributed by atoms with Crippen molar-refractivity contribution in [3.05, 3.63) is 0 Å². The van der Waals surface area contributed by atoms with Crippen molar-refractivity contribution in [3.8, 4) is 0 Å². The van der Waals surface area contributed by atoms with Gasteiger partial charge in [-0.25, -0.2) is 0 Å². The highest BCUT2D eigenvalue weighted by atomic mass is 15.2. The maximum atomic E-state index is 6.17. The predicted octanol–water partition coefficient (Wildman–Crippen LogP) is 2.62. The summed E-state index contributed by atoms with van der Waals surface area (Å²) in [5.41, 5.74) is 6.68. The molecular formula is C14H28N2. The molecule has 0 bridgehead atoms. The lowest BCUT2D eigenvalue weighted by atomic mass is 9.81. The monoisotopic (exact) mass is 224 g/mol. The lowest BCUT2D eigenvalue weighted by molar-refractivity contribution is 0.0174. The van der Waals surface area contributed by atoms with Gasteiger partial charge in [-0.2, -0.15) is 0 Å². The Kier molecular flexibility index (Phi) is 3.33. The lowest BCUT2D eigenvalue weighted by Crippen LogP contribution is -2.57. The highest BCUT2D eigenvalue weighted by Crippen LogP contribution is 2.43. The van der Waals surface area contributed by atoms with E-state index in [9.17, 15) is 0 Å². The molecule has 2 rings (SSSR count). The molecule has 16 heavy (non-hydrogen) atoms. The molecular weight excluding hydrogens is 196 g/mol. The molecule has 0 amide bonds. The molecule has 2 nitrogen and oxygen atoms in total. The topological polar surface area (TPSA) is 29.3 Å². The number of nitrogens with two attached hydrogens (primary N) is 1. The van der Waals surface area contributed by atoms with Crippen molar-refractivity contribution in [3.63, 3.8) is 0 Å². The van der Waals surface area contributed by atoms with Gasteiger partial charge in [0.2, 0.25) is 0 Å². The molecule has 94 valence electrons.